The summed E-state index contributed by atoms with van der Waals surface area (Å²) >= 11 is 2.34. The zero-order valence-electron chi connectivity index (χ0n) is 13.5. The summed E-state index contributed by atoms with van der Waals surface area (Å²) in [5, 5.41) is 10.5. The van der Waals surface area contributed by atoms with Crippen molar-refractivity contribution in [3.8, 4) is 0 Å². The number of allylic oxidation sites excluding steroid dienone is 1. The quantitative estimate of drug-likeness (QED) is 0.296. The fourth-order valence-electron chi connectivity index (χ4n) is 3.72. The van der Waals surface area contributed by atoms with E-state index in [-0.39, 0.29) is 33.9 Å². The van der Waals surface area contributed by atoms with Crippen molar-refractivity contribution >= 4 is 28.6 Å². The minimum Gasteiger partial charge on any atom is -0.462 e. The number of cyclic esters (lactones) is 1. The van der Waals surface area contributed by atoms with Crippen molar-refractivity contribution in [1.29, 1.82) is 0 Å². The van der Waals surface area contributed by atoms with Gasteiger partial charge in [-0.25, -0.2) is 0 Å². The number of esters is 1. The van der Waals surface area contributed by atoms with Crippen LogP contribution in [0.2, 0.25) is 0 Å². The number of halogens is 1. The fourth-order valence-corrected chi connectivity index (χ4v) is 4.79. The van der Waals surface area contributed by atoms with Crippen molar-refractivity contribution in [2.24, 2.45) is 11.8 Å². The minimum absolute atomic E-state index is 0.0560. The number of carbonyl (C=O) groups excluding carboxylic acids is 1. The molecule has 0 radical (unpaired) electrons. The van der Waals surface area contributed by atoms with E-state index >= 15 is 0 Å². The SMILES string of the molecule is CC[C@H]1OC(=O)CCCCCCC/C=C\[C@@H]2[C@@H](O)[C@H](I)C[C@H]21. The van der Waals surface area contributed by atoms with Crippen LogP contribution in [0.1, 0.15) is 64.7 Å². The highest BCUT2D eigenvalue weighted by molar-refractivity contribution is 14.1. The van der Waals surface area contributed by atoms with Crippen LogP contribution < -0.4 is 0 Å². The standard InChI is InChI=1S/C18H29IO3/c1-2-16-14-12-15(19)18(21)13(14)10-8-6-4-3-5-7-9-11-17(20)22-16/h8,10,13-16,18,21H,2-7,9,11-12H2,1H3/b10-8-/t13-,14+,15+,16+,18+/m0/s1. The van der Waals surface area contributed by atoms with E-state index in [1.807, 2.05) is 0 Å². The highest BCUT2D eigenvalue weighted by Crippen LogP contribution is 2.41. The Labute approximate surface area is 148 Å². The molecule has 0 amide bonds. The van der Waals surface area contributed by atoms with Crippen molar-refractivity contribution < 1.29 is 14.6 Å². The Balaban J connectivity index is 2.12. The third-order valence-electron chi connectivity index (χ3n) is 5.03. The van der Waals surface area contributed by atoms with Gasteiger partial charge in [-0.2, -0.15) is 0 Å². The molecule has 1 N–H and O–H groups in total. The Morgan fingerprint density at radius 1 is 1.27 bits per heavy atom. The molecule has 5 atom stereocenters. The lowest BCUT2D eigenvalue weighted by molar-refractivity contribution is -0.153. The Bertz CT molecular complexity index is 383. The van der Waals surface area contributed by atoms with Gasteiger partial charge in [0.05, 0.1) is 6.10 Å². The van der Waals surface area contributed by atoms with E-state index in [2.05, 4.69) is 41.7 Å². The average molecular weight is 420 g/mol. The molecule has 3 nitrogen and oxygen atoms in total. The summed E-state index contributed by atoms with van der Waals surface area (Å²) in [6.07, 6.45) is 13.1. The molecule has 0 spiro atoms. The van der Waals surface area contributed by atoms with Gasteiger partial charge in [0.15, 0.2) is 0 Å². The monoisotopic (exact) mass is 420 g/mol. The zero-order chi connectivity index (χ0) is 15.9. The fraction of sp³-hybridized carbons (Fsp3) is 0.833. The first kappa shape index (κ1) is 18.2. The van der Waals surface area contributed by atoms with Crippen LogP contribution in [0.15, 0.2) is 12.2 Å². The first-order chi connectivity index (χ1) is 10.6. The summed E-state index contributed by atoms with van der Waals surface area (Å²) in [6, 6.07) is 0. The Kier molecular flexibility index (Phi) is 7.68. The lowest BCUT2D eigenvalue weighted by atomic mass is 9.87. The molecule has 22 heavy (non-hydrogen) atoms. The van der Waals surface area contributed by atoms with Gasteiger partial charge in [-0.1, -0.05) is 60.9 Å². The van der Waals surface area contributed by atoms with Crippen molar-refractivity contribution in [2.75, 3.05) is 0 Å². The maximum atomic E-state index is 12.1. The molecule has 2 rings (SSSR count). The largest absolute Gasteiger partial charge is 0.462 e. The number of hydrogen-bond donors (Lipinski definition) is 1. The second kappa shape index (κ2) is 9.26. The van der Waals surface area contributed by atoms with Gasteiger partial charge in [-0.15, -0.1) is 0 Å². The third kappa shape index (κ3) is 4.95. The van der Waals surface area contributed by atoms with Crippen LogP contribution in [0.25, 0.3) is 0 Å². The van der Waals surface area contributed by atoms with E-state index < -0.39 is 0 Å². The number of fused-ring (bicyclic) bond motifs is 1. The maximum Gasteiger partial charge on any atom is 0.306 e. The molecule has 1 aliphatic carbocycles. The van der Waals surface area contributed by atoms with Crippen LogP contribution in [0, 0.1) is 11.8 Å². The Hall–Kier alpha value is -0.100. The molecule has 0 unspecified atom stereocenters. The molecular weight excluding hydrogens is 391 g/mol. The predicted molar refractivity (Wildman–Crippen MR) is 97.0 cm³/mol. The van der Waals surface area contributed by atoms with Crippen LogP contribution in [0.5, 0.6) is 0 Å². The molecule has 0 aromatic heterocycles. The predicted octanol–water partition coefficient (Wildman–Crippen LogP) is 4.41. The summed E-state index contributed by atoms with van der Waals surface area (Å²) in [4.78, 5) is 12.1. The molecule has 0 bridgehead atoms. The van der Waals surface area contributed by atoms with Gasteiger partial charge in [0.2, 0.25) is 0 Å². The number of aliphatic hydroxyl groups is 1. The van der Waals surface area contributed by atoms with Crippen molar-refractivity contribution in [1.82, 2.24) is 0 Å². The normalized spacial score (nSPS) is 39.6. The molecule has 4 heteroatoms. The van der Waals surface area contributed by atoms with Gasteiger partial charge in [-0.05, 0) is 32.1 Å². The second-order valence-electron chi connectivity index (χ2n) is 6.65. The molecule has 1 heterocycles. The van der Waals surface area contributed by atoms with Gasteiger partial charge >= 0.3 is 5.97 Å². The first-order valence-electron chi connectivity index (χ1n) is 8.81. The summed E-state index contributed by atoms with van der Waals surface area (Å²) < 4.78 is 6.02. The zero-order valence-corrected chi connectivity index (χ0v) is 15.7. The maximum absolute atomic E-state index is 12.1. The van der Waals surface area contributed by atoms with E-state index in [1.54, 1.807) is 0 Å². The van der Waals surface area contributed by atoms with Gasteiger partial charge in [0.25, 0.3) is 0 Å². The van der Waals surface area contributed by atoms with E-state index in [1.165, 1.54) is 19.3 Å². The van der Waals surface area contributed by atoms with Crippen molar-refractivity contribution in [3.05, 3.63) is 12.2 Å². The van der Waals surface area contributed by atoms with Crippen LogP contribution in [0.3, 0.4) is 0 Å². The summed E-state index contributed by atoms with van der Waals surface area (Å²) in [6.45, 7) is 2.08. The van der Waals surface area contributed by atoms with Crippen LogP contribution in [-0.2, 0) is 9.53 Å². The van der Waals surface area contributed by atoms with Crippen molar-refractivity contribution in [3.63, 3.8) is 0 Å². The topological polar surface area (TPSA) is 46.5 Å². The first-order valence-corrected chi connectivity index (χ1v) is 10.1. The third-order valence-corrected chi connectivity index (χ3v) is 6.27. The van der Waals surface area contributed by atoms with E-state index in [0.717, 1.165) is 32.1 Å². The summed E-state index contributed by atoms with van der Waals surface area (Å²) in [5.41, 5.74) is 0. The summed E-state index contributed by atoms with van der Waals surface area (Å²) in [5.74, 6) is 0.325. The van der Waals surface area contributed by atoms with E-state index in [9.17, 15) is 9.90 Å². The van der Waals surface area contributed by atoms with Crippen molar-refractivity contribution in [2.45, 2.75) is 80.8 Å². The average Bonchev–Trinajstić information content (AvgIpc) is 2.78. The lowest BCUT2D eigenvalue weighted by Gasteiger charge is -2.27. The molecular formula is C18H29IO3. The van der Waals surface area contributed by atoms with Gasteiger partial charge in [0.1, 0.15) is 6.10 Å². The molecule has 0 aromatic rings. The second-order valence-corrected chi connectivity index (χ2v) is 8.25. The van der Waals surface area contributed by atoms with Gasteiger partial charge in [0, 0.05) is 22.2 Å². The Morgan fingerprint density at radius 3 is 2.77 bits per heavy atom. The highest BCUT2D eigenvalue weighted by atomic mass is 127. The molecule has 0 saturated heterocycles. The molecule has 1 saturated carbocycles. The number of aliphatic hydroxyl groups excluding tert-OH is 1. The molecule has 1 aliphatic heterocycles. The van der Waals surface area contributed by atoms with Crippen LogP contribution in [-0.4, -0.2) is 27.2 Å². The van der Waals surface area contributed by atoms with Gasteiger partial charge in [-0.3, -0.25) is 4.79 Å². The molecule has 126 valence electrons. The number of alkyl halides is 1. The number of carbonyl (C=O) groups is 1. The highest BCUT2D eigenvalue weighted by Gasteiger charge is 2.44. The summed E-state index contributed by atoms with van der Waals surface area (Å²) in [7, 11) is 0. The number of hydrogen-bond acceptors (Lipinski definition) is 3. The van der Waals surface area contributed by atoms with Gasteiger partial charge < -0.3 is 9.84 Å². The lowest BCUT2D eigenvalue weighted by Crippen LogP contribution is -2.31. The number of ether oxygens (including phenoxy) is 1. The van der Waals surface area contributed by atoms with E-state index in [4.69, 9.17) is 4.74 Å². The molecule has 1 fully saturated rings. The van der Waals surface area contributed by atoms with E-state index in [0.29, 0.717) is 6.42 Å². The van der Waals surface area contributed by atoms with Crippen LogP contribution in [0.4, 0.5) is 0 Å². The number of rotatable bonds is 1. The molecule has 0 aromatic carbocycles. The Morgan fingerprint density at radius 2 is 2.00 bits per heavy atom. The molecule has 2 aliphatic rings. The minimum atomic E-state index is -0.317. The smallest absolute Gasteiger partial charge is 0.306 e. The van der Waals surface area contributed by atoms with Crippen LogP contribution >= 0.6 is 22.6 Å².